The molecule has 2 rings (SSSR count). The van der Waals surface area contributed by atoms with Crippen molar-refractivity contribution in [1.29, 1.82) is 0 Å². The van der Waals surface area contributed by atoms with Crippen LogP contribution in [0, 0.1) is 0 Å². The highest BCUT2D eigenvalue weighted by Gasteiger charge is 2.02. The standard InChI is InChI=1S/C11H15N3/c1-8(12)5-9-3-4-11-10(6-9)13-7-14(11)2/h3-4,6-8H,5,12H2,1-2H3/t8-/m0/s1. The zero-order valence-corrected chi connectivity index (χ0v) is 8.57. The van der Waals surface area contributed by atoms with E-state index in [1.807, 2.05) is 24.9 Å². The van der Waals surface area contributed by atoms with Gasteiger partial charge in [0.05, 0.1) is 17.4 Å². The van der Waals surface area contributed by atoms with Gasteiger partial charge in [0.15, 0.2) is 0 Å². The normalized spacial score (nSPS) is 13.4. The second-order valence-corrected chi connectivity index (χ2v) is 3.86. The quantitative estimate of drug-likeness (QED) is 0.777. The maximum atomic E-state index is 5.75. The lowest BCUT2D eigenvalue weighted by Gasteiger charge is -2.04. The van der Waals surface area contributed by atoms with E-state index in [4.69, 9.17) is 5.73 Å². The molecule has 0 spiro atoms. The molecule has 0 radical (unpaired) electrons. The van der Waals surface area contributed by atoms with Crippen molar-refractivity contribution < 1.29 is 0 Å². The van der Waals surface area contributed by atoms with Crippen molar-refractivity contribution in [3.05, 3.63) is 30.1 Å². The molecule has 0 amide bonds. The molecule has 1 aromatic carbocycles. The molecule has 14 heavy (non-hydrogen) atoms. The molecule has 0 fully saturated rings. The molecule has 0 saturated heterocycles. The van der Waals surface area contributed by atoms with Crippen LogP contribution in [0.3, 0.4) is 0 Å². The minimum atomic E-state index is 0.205. The summed E-state index contributed by atoms with van der Waals surface area (Å²) in [7, 11) is 2.00. The molecule has 1 atom stereocenters. The first-order valence-electron chi connectivity index (χ1n) is 4.82. The second-order valence-electron chi connectivity index (χ2n) is 3.86. The summed E-state index contributed by atoms with van der Waals surface area (Å²) >= 11 is 0. The lowest BCUT2D eigenvalue weighted by Crippen LogP contribution is -2.17. The topological polar surface area (TPSA) is 43.8 Å². The molecule has 0 bridgehead atoms. The first-order chi connectivity index (χ1) is 6.66. The summed E-state index contributed by atoms with van der Waals surface area (Å²) in [6.07, 6.45) is 2.74. The van der Waals surface area contributed by atoms with Crippen LogP contribution >= 0.6 is 0 Å². The molecule has 3 nitrogen and oxygen atoms in total. The number of aromatic nitrogens is 2. The van der Waals surface area contributed by atoms with Crippen LogP contribution in [0.4, 0.5) is 0 Å². The van der Waals surface area contributed by atoms with Crippen molar-refractivity contribution >= 4 is 11.0 Å². The fourth-order valence-electron chi connectivity index (χ4n) is 1.68. The Hall–Kier alpha value is -1.35. The van der Waals surface area contributed by atoms with Gasteiger partial charge in [-0.2, -0.15) is 0 Å². The van der Waals surface area contributed by atoms with Gasteiger partial charge < -0.3 is 10.3 Å². The third-order valence-corrected chi connectivity index (χ3v) is 2.35. The summed E-state index contributed by atoms with van der Waals surface area (Å²) in [6.45, 7) is 2.02. The van der Waals surface area contributed by atoms with E-state index in [1.54, 1.807) is 0 Å². The molecule has 1 aromatic heterocycles. The number of aryl methyl sites for hydroxylation is 1. The number of fused-ring (bicyclic) bond motifs is 1. The predicted octanol–water partition coefficient (Wildman–Crippen LogP) is 1.46. The molecule has 0 aliphatic heterocycles. The third kappa shape index (κ3) is 1.63. The number of benzene rings is 1. The van der Waals surface area contributed by atoms with E-state index in [0.717, 1.165) is 11.9 Å². The lowest BCUT2D eigenvalue weighted by atomic mass is 10.1. The minimum absolute atomic E-state index is 0.205. The summed E-state index contributed by atoms with van der Waals surface area (Å²) in [6, 6.07) is 6.53. The predicted molar refractivity (Wildman–Crippen MR) is 58.1 cm³/mol. The molecule has 0 saturated carbocycles. The average molecular weight is 189 g/mol. The van der Waals surface area contributed by atoms with Gasteiger partial charge in [0.1, 0.15) is 0 Å². The highest BCUT2D eigenvalue weighted by molar-refractivity contribution is 5.75. The van der Waals surface area contributed by atoms with E-state index in [0.29, 0.717) is 0 Å². The summed E-state index contributed by atoms with van der Waals surface area (Å²) in [5.74, 6) is 0. The van der Waals surface area contributed by atoms with Crippen molar-refractivity contribution in [3.63, 3.8) is 0 Å². The largest absolute Gasteiger partial charge is 0.334 e. The van der Waals surface area contributed by atoms with Crippen molar-refractivity contribution in [1.82, 2.24) is 9.55 Å². The second kappa shape index (κ2) is 3.42. The molecule has 0 aliphatic rings. The molecular formula is C11H15N3. The fourth-order valence-corrected chi connectivity index (χ4v) is 1.68. The Morgan fingerprint density at radius 1 is 1.50 bits per heavy atom. The van der Waals surface area contributed by atoms with Gasteiger partial charge in [-0.15, -0.1) is 0 Å². The number of rotatable bonds is 2. The first-order valence-corrected chi connectivity index (χ1v) is 4.82. The van der Waals surface area contributed by atoms with Crippen LogP contribution in [0.5, 0.6) is 0 Å². The van der Waals surface area contributed by atoms with Gasteiger partial charge in [-0.3, -0.25) is 0 Å². The number of hydrogen-bond acceptors (Lipinski definition) is 2. The van der Waals surface area contributed by atoms with E-state index in [2.05, 4.69) is 23.2 Å². The summed E-state index contributed by atoms with van der Waals surface area (Å²) in [5.41, 5.74) is 9.22. The van der Waals surface area contributed by atoms with Gasteiger partial charge >= 0.3 is 0 Å². The van der Waals surface area contributed by atoms with Gasteiger partial charge in [-0.05, 0) is 31.0 Å². The maximum Gasteiger partial charge on any atom is 0.0955 e. The zero-order chi connectivity index (χ0) is 10.1. The minimum Gasteiger partial charge on any atom is -0.334 e. The Morgan fingerprint density at radius 2 is 2.29 bits per heavy atom. The average Bonchev–Trinajstić information content (AvgIpc) is 2.46. The van der Waals surface area contributed by atoms with Crippen LogP contribution in [0.1, 0.15) is 12.5 Å². The van der Waals surface area contributed by atoms with Crippen LogP contribution in [-0.2, 0) is 13.5 Å². The van der Waals surface area contributed by atoms with Crippen LogP contribution in [0.2, 0.25) is 0 Å². The van der Waals surface area contributed by atoms with Crippen molar-refractivity contribution in [3.8, 4) is 0 Å². The highest BCUT2D eigenvalue weighted by atomic mass is 15.0. The van der Waals surface area contributed by atoms with Crippen molar-refractivity contribution in [2.24, 2.45) is 12.8 Å². The van der Waals surface area contributed by atoms with Crippen LogP contribution < -0.4 is 5.73 Å². The SMILES string of the molecule is C[C@H](N)Cc1ccc2c(c1)ncn2C. The number of nitrogens with two attached hydrogens (primary N) is 1. The molecule has 0 unspecified atom stereocenters. The Labute approximate surface area is 83.6 Å². The monoisotopic (exact) mass is 189 g/mol. The van der Waals surface area contributed by atoms with Gasteiger partial charge in [0, 0.05) is 13.1 Å². The van der Waals surface area contributed by atoms with E-state index < -0.39 is 0 Å². The number of nitrogens with zero attached hydrogens (tertiary/aromatic N) is 2. The Morgan fingerprint density at radius 3 is 3.00 bits per heavy atom. The molecule has 2 aromatic rings. The molecular weight excluding hydrogens is 174 g/mol. The van der Waals surface area contributed by atoms with E-state index >= 15 is 0 Å². The van der Waals surface area contributed by atoms with Crippen LogP contribution in [0.25, 0.3) is 11.0 Å². The lowest BCUT2D eigenvalue weighted by molar-refractivity contribution is 0.738. The molecule has 0 aliphatic carbocycles. The van der Waals surface area contributed by atoms with Crippen LogP contribution in [-0.4, -0.2) is 15.6 Å². The molecule has 1 heterocycles. The number of imidazole rings is 1. The fraction of sp³-hybridized carbons (Fsp3) is 0.364. The zero-order valence-electron chi connectivity index (χ0n) is 8.57. The Kier molecular flexibility index (Phi) is 2.25. The summed E-state index contributed by atoms with van der Waals surface area (Å²) in [4.78, 5) is 4.31. The highest BCUT2D eigenvalue weighted by Crippen LogP contribution is 2.14. The smallest absolute Gasteiger partial charge is 0.0955 e. The van der Waals surface area contributed by atoms with E-state index in [1.165, 1.54) is 11.1 Å². The summed E-state index contributed by atoms with van der Waals surface area (Å²) in [5, 5.41) is 0. The number of hydrogen-bond donors (Lipinski definition) is 1. The first kappa shape index (κ1) is 9.21. The van der Waals surface area contributed by atoms with E-state index in [9.17, 15) is 0 Å². The Bertz CT molecular complexity index is 443. The third-order valence-electron chi connectivity index (χ3n) is 2.35. The molecule has 3 heteroatoms. The maximum absolute atomic E-state index is 5.75. The van der Waals surface area contributed by atoms with Gasteiger partial charge in [-0.1, -0.05) is 6.07 Å². The van der Waals surface area contributed by atoms with Gasteiger partial charge in [-0.25, -0.2) is 4.98 Å². The Balaban J connectivity index is 2.42. The molecule has 74 valence electrons. The molecule has 2 N–H and O–H groups in total. The van der Waals surface area contributed by atoms with E-state index in [-0.39, 0.29) is 6.04 Å². The van der Waals surface area contributed by atoms with Crippen LogP contribution in [0.15, 0.2) is 24.5 Å². The summed E-state index contributed by atoms with van der Waals surface area (Å²) < 4.78 is 2.02. The van der Waals surface area contributed by atoms with Gasteiger partial charge in [0.25, 0.3) is 0 Å². The van der Waals surface area contributed by atoms with Crippen molar-refractivity contribution in [2.45, 2.75) is 19.4 Å². The van der Waals surface area contributed by atoms with Crippen molar-refractivity contribution in [2.75, 3.05) is 0 Å². The van der Waals surface area contributed by atoms with Gasteiger partial charge in [0.2, 0.25) is 0 Å².